The lowest BCUT2D eigenvalue weighted by Gasteiger charge is -2.22. The number of carbonyl (C=O) groups excluding carboxylic acids is 1. The van der Waals surface area contributed by atoms with E-state index in [4.69, 9.17) is 4.74 Å². The number of hydrogen-bond donors (Lipinski definition) is 3. The number of fused-ring (bicyclic) bond motifs is 1. The second-order valence-corrected chi connectivity index (χ2v) is 4.44. The van der Waals surface area contributed by atoms with Gasteiger partial charge >= 0.3 is 0 Å². The number of nitrogens with zero attached hydrogens (tertiary/aromatic N) is 1. The molecular weight excluding hydrogens is 246 g/mol. The highest BCUT2D eigenvalue weighted by molar-refractivity contribution is 5.94. The molecule has 0 saturated carbocycles. The SMILES string of the molecule is COc1ccc(C2CC(=O)Nc3[nH]ncc32)cc1O. The van der Waals surface area contributed by atoms with E-state index < -0.39 is 0 Å². The number of aromatic amines is 1. The van der Waals surface area contributed by atoms with Gasteiger partial charge in [-0.1, -0.05) is 6.07 Å². The average molecular weight is 259 g/mol. The summed E-state index contributed by atoms with van der Waals surface area (Å²) in [5, 5.41) is 19.3. The molecule has 98 valence electrons. The van der Waals surface area contributed by atoms with Crippen LogP contribution in [-0.4, -0.2) is 28.3 Å². The van der Waals surface area contributed by atoms with E-state index in [1.807, 2.05) is 6.07 Å². The predicted octanol–water partition coefficient (Wildman–Crippen LogP) is 1.60. The lowest BCUT2D eigenvalue weighted by molar-refractivity contribution is -0.116. The van der Waals surface area contributed by atoms with Crippen molar-refractivity contribution in [3.63, 3.8) is 0 Å². The van der Waals surface area contributed by atoms with Crippen LogP contribution in [0.15, 0.2) is 24.4 Å². The molecule has 1 unspecified atom stereocenters. The fraction of sp³-hybridized carbons (Fsp3) is 0.231. The number of amides is 1. The van der Waals surface area contributed by atoms with Gasteiger partial charge in [-0.25, -0.2) is 0 Å². The van der Waals surface area contributed by atoms with Gasteiger partial charge in [0.1, 0.15) is 5.82 Å². The molecule has 0 spiro atoms. The van der Waals surface area contributed by atoms with Crippen LogP contribution in [0.3, 0.4) is 0 Å². The number of rotatable bonds is 2. The van der Waals surface area contributed by atoms with E-state index in [9.17, 15) is 9.90 Å². The highest BCUT2D eigenvalue weighted by atomic mass is 16.5. The topological polar surface area (TPSA) is 87.2 Å². The van der Waals surface area contributed by atoms with E-state index in [0.29, 0.717) is 18.0 Å². The van der Waals surface area contributed by atoms with Crippen molar-refractivity contribution in [2.75, 3.05) is 12.4 Å². The molecule has 3 N–H and O–H groups in total. The molecule has 6 heteroatoms. The van der Waals surface area contributed by atoms with Crippen LogP contribution in [0.4, 0.5) is 5.82 Å². The Hall–Kier alpha value is -2.50. The quantitative estimate of drug-likeness (QED) is 0.764. The van der Waals surface area contributed by atoms with Crippen molar-refractivity contribution in [3.05, 3.63) is 35.5 Å². The summed E-state index contributed by atoms with van der Waals surface area (Å²) >= 11 is 0. The number of hydrogen-bond acceptors (Lipinski definition) is 4. The first-order valence-corrected chi connectivity index (χ1v) is 5.89. The molecule has 3 rings (SSSR count). The number of nitrogens with one attached hydrogen (secondary N) is 2. The third-order valence-corrected chi connectivity index (χ3v) is 3.30. The van der Waals surface area contributed by atoms with Crippen LogP contribution in [0.25, 0.3) is 0 Å². The fourth-order valence-electron chi connectivity index (χ4n) is 2.37. The Morgan fingerprint density at radius 1 is 1.47 bits per heavy atom. The van der Waals surface area contributed by atoms with Gasteiger partial charge in [0.25, 0.3) is 0 Å². The predicted molar refractivity (Wildman–Crippen MR) is 68.3 cm³/mol. The zero-order valence-electron chi connectivity index (χ0n) is 10.3. The average Bonchev–Trinajstić information content (AvgIpc) is 2.85. The van der Waals surface area contributed by atoms with E-state index >= 15 is 0 Å². The molecule has 19 heavy (non-hydrogen) atoms. The molecule has 0 bridgehead atoms. The van der Waals surface area contributed by atoms with E-state index in [2.05, 4.69) is 15.5 Å². The number of phenols is 1. The highest BCUT2D eigenvalue weighted by Crippen LogP contribution is 2.38. The number of methoxy groups -OCH3 is 1. The van der Waals surface area contributed by atoms with Gasteiger partial charge in [0, 0.05) is 17.9 Å². The molecule has 0 radical (unpaired) electrons. The molecule has 2 heterocycles. The van der Waals surface area contributed by atoms with Crippen molar-refractivity contribution < 1.29 is 14.6 Å². The van der Waals surface area contributed by atoms with Gasteiger partial charge in [-0.15, -0.1) is 0 Å². The number of aromatic nitrogens is 2. The molecule has 2 aromatic rings. The summed E-state index contributed by atoms with van der Waals surface area (Å²) < 4.78 is 5.02. The lowest BCUT2D eigenvalue weighted by Crippen LogP contribution is -2.22. The third kappa shape index (κ3) is 1.91. The van der Waals surface area contributed by atoms with E-state index in [1.54, 1.807) is 18.3 Å². The normalized spacial score (nSPS) is 17.7. The van der Waals surface area contributed by atoms with Crippen LogP contribution >= 0.6 is 0 Å². The number of H-pyrrole nitrogens is 1. The highest BCUT2D eigenvalue weighted by Gasteiger charge is 2.28. The minimum Gasteiger partial charge on any atom is -0.504 e. The van der Waals surface area contributed by atoms with Gasteiger partial charge in [-0.05, 0) is 17.7 Å². The number of anilines is 1. The first-order chi connectivity index (χ1) is 9.19. The van der Waals surface area contributed by atoms with E-state index in [0.717, 1.165) is 11.1 Å². The van der Waals surface area contributed by atoms with Crippen LogP contribution in [0.2, 0.25) is 0 Å². The van der Waals surface area contributed by atoms with Crippen LogP contribution in [0.5, 0.6) is 11.5 Å². The summed E-state index contributed by atoms with van der Waals surface area (Å²) in [6.45, 7) is 0. The number of benzene rings is 1. The lowest BCUT2D eigenvalue weighted by atomic mass is 9.87. The summed E-state index contributed by atoms with van der Waals surface area (Å²) in [7, 11) is 1.50. The summed E-state index contributed by atoms with van der Waals surface area (Å²) in [5.74, 6) is 0.917. The van der Waals surface area contributed by atoms with Crippen LogP contribution in [0.1, 0.15) is 23.5 Å². The van der Waals surface area contributed by atoms with E-state index in [-0.39, 0.29) is 17.6 Å². The first-order valence-electron chi connectivity index (χ1n) is 5.89. The Balaban J connectivity index is 2.03. The Labute approximate surface area is 109 Å². The zero-order chi connectivity index (χ0) is 13.4. The van der Waals surface area contributed by atoms with Crippen molar-refractivity contribution in [2.45, 2.75) is 12.3 Å². The molecule has 1 aromatic heterocycles. The second-order valence-electron chi connectivity index (χ2n) is 4.44. The molecule has 1 aliphatic rings. The summed E-state index contributed by atoms with van der Waals surface area (Å²) in [6, 6.07) is 5.16. The minimum atomic E-state index is -0.112. The molecule has 1 aliphatic heterocycles. The van der Waals surface area contributed by atoms with Gasteiger partial charge < -0.3 is 15.2 Å². The molecule has 0 saturated heterocycles. The van der Waals surface area contributed by atoms with Gasteiger partial charge in [0.15, 0.2) is 11.5 Å². The van der Waals surface area contributed by atoms with Crippen LogP contribution < -0.4 is 10.1 Å². The van der Waals surface area contributed by atoms with Crippen molar-refractivity contribution in [3.8, 4) is 11.5 Å². The molecule has 6 nitrogen and oxygen atoms in total. The molecule has 1 aromatic carbocycles. The van der Waals surface area contributed by atoms with Gasteiger partial charge in [0.2, 0.25) is 5.91 Å². The Bertz CT molecular complexity index is 636. The maximum atomic E-state index is 11.7. The maximum Gasteiger partial charge on any atom is 0.226 e. The van der Waals surface area contributed by atoms with Crippen molar-refractivity contribution in [1.29, 1.82) is 0 Å². The minimum absolute atomic E-state index is 0.0658. The first kappa shape index (κ1) is 11.6. The number of ether oxygens (including phenoxy) is 1. The third-order valence-electron chi connectivity index (χ3n) is 3.30. The van der Waals surface area contributed by atoms with E-state index in [1.165, 1.54) is 7.11 Å². The summed E-state index contributed by atoms with van der Waals surface area (Å²) in [4.78, 5) is 11.7. The molecule has 0 aliphatic carbocycles. The van der Waals surface area contributed by atoms with Crippen molar-refractivity contribution in [2.24, 2.45) is 0 Å². The van der Waals surface area contributed by atoms with Crippen molar-refractivity contribution in [1.82, 2.24) is 10.2 Å². The van der Waals surface area contributed by atoms with Crippen molar-refractivity contribution >= 4 is 11.7 Å². The largest absolute Gasteiger partial charge is 0.504 e. The fourth-order valence-corrected chi connectivity index (χ4v) is 2.37. The van der Waals surface area contributed by atoms with Gasteiger partial charge in [0.05, 0.1) is 13.3 Å². The monoisotopic (exact) mass is 259 g/mol. The molecule has 1 atom stereocenters. The smallest absolute Gasteiger partial charge is 0.226 e. The number of aromatic hydroxyl groups is 1. The van der Waals surface area contributed by atoms with Gasteiger partial charge in [-0.3, -0.25) is 9.89 Å². The van der Waals surface area contributed by atoms with Gasteiger partial charge in [-0.2, -0.15) is 5.10 Å². The number of carbonyl (C=O) groups is 1. The summed E-state index contributed by atoms with van der Waals surface area (Å²) in [6.07, 6.45) is 2.03. The Kier molecular flexibility index (Phi) is 2.63. The zero-order valence-corrected chi connectivity index (χ0v) is 10.3. The van der Waals surface area contributed by atoms with Crippen LogP contribution in [-0.2, 0) is 4.79 Å². The van der Waals surface area contributed by atoms with Crippen LogP contribution in [0, 0.1) is 0 Å². The molecule has 0 fully saturated rings. The Morgan fingerprint density at radius 2 is 2.32 bits per heavy atom. The summed E-state index contributed by atoms with van der Waals surface area (Å²) in [5.41, 5.74) is 1.78. The molecular formula is C13H13N3O3. The Morgan fingerprint density at radius 3 is 3.05 bits per heavy atom. The standard InChI is InChI=1S/C13H13N3O3/c1-19-11-3-2-7(4-10(11)17)8-5-12(18)15-13-9(8)6-14-16-13/h2-4,6,8,17H,5H2,1H3,(H2,14,15,16,18). The number of phenolic OH excluding ortho intramolecular Hbond substituents is 1. The molecule has 1 amide bonds. The second kappa shape index (κ2) is 4.31. The maximum absolute atomic E-state index is 11.7.